The van der Waals surface area contributed by atoms with Crippen molar-refractivity contribution in [2.45, 2.75) is 56.5 Å². The molecule has 178 valence electrons. The van der Waals surface area contributed by atoms with Gasteiger partial charge in [-0.1, -0.05) is 36.4 Å². The lowest BCUT2D eigenvalue weighted by Crippen LogP contribution is -2.41. The Morgan fingerprint density at radius 3 is 2.29 bits per heavy atom. The average Bonchev–Trinajstić information content (AvgIpc) is 2.85. The van der Waals surface area contributed by atoms with E-state index in [-0.39, 0.29) is 28.8 Å². The van der Waals surface area contributed by atoms with Crippen LogP contribution in [0, 0.1) is 12.8 Å². The third-order valence-corrected chi connectivity index (χ3v) is 8.10. The van der Waals surface area contributed by atoms with Gasteiger partial charge in [-0.15, -0.1) is 0 Å². The Morgan fingerprint density at radius 2 is 1.65 bits per heavy atom. The first-order chi connectivity index (χ1) is 16.3. The van der Waals surface area contributed by atoms with Crippen molar-refractivity contribution in [3.05, 3.63) is 84.2 Å². The van der Waals surface area contributed by atoms with E-state index in [9.17, 15) is 13.2 Å². The summed E-state index contributed by atoms with van der Waals surface area (Å²) < 4.78 is 28.9. The lowest BCUT2D eigenvalue weighted by molar-refractivity contribution is -0.126. The average molecular weight is 478 g/mol. The molecule has 0 aliphatic heterocycles. The predicted molar refractivity (Wildman–Crippen MR) is 133 cm³/mol. The molecule has 4 rings (SSSR count). The SMILES string of the molecule is Cc1cc(S(=O)(=O)NC2CCC(C(=O)N[C@H](C)c3ccccc3)CC2)ccc1-c1ccncc1. The molecule has 0 spiro atoms. The van der Waals surface area contributed by atoms with E-state index in [4.69, 9.17) is 0 Å². The topological polar surface area (TPSA) is 88.2 Å². The fourth-order valence-corrected chi connectivity index (χ4v) is 5.97. The Balaban J connectivity index is 1.33. The molecule has 1 aliphatic rings. The fraction of sp³-hybridized carbons (Fsp3) is 0.333. The van der Waals surface area contributed by atoms with Gasteiger partial charge in [-0.05, 0) is 86.1 Å². The minimum Gasteiger partial charge on any atom is -0.349 e. The van der Waals surface area contributed by atoms with Crippen molar-refractivity contribution in [1.82, 2.24) is 15.0 Å². The number of nitrogens with zero attached hydrogens (tertiary/aromatic N) is 1. The summed E-state index contributed by atoms with van der Waals surface area (Å²) in [5, 5.41) is 3.10. The Labute approximate surface area is 201 Å². The molecule has 7 heteroatoms. The van der Waals surface area contributed by atoms with Gasteiger partial charge in [-0.2, -0.15) is 0 Å². The summed E-state index contributed by atoms with van der Waals surface area (Å²) in [4.78, 5) is 17.0. The summed E-state index contributed by atoms with van der Waals surface area (Å²) in [6, 6.07) is 18.7. The van der Waals surface area contributed by atoms with Gasteiger partial charge < -0.3 is 5.32 Å². The van der Waals surface area contributed by atoms with Gasteiger partial charge in [0.05, 0.1) is 10.9 Å². The second-order valence-corrected chi connectivity index (χ2v) is 10.7. The molecule has 34 heavy (non-hydrogen) atoms. The van der Waals surface area contributed by atoms with E-state index in [1.165, 1.54) is 0 Å². The number of hydrogen-bond acceptors (Lipinski definition) is 4. The van der Waals surface area contributed by atoms with E-state index >= 15 is 0 Å². The van der Waals surface area contributed by atoms with Gasteiger partial charge in [0.25, 0.3) is 0 Å². The van der Waals surface area contributed by atoms with Crippen LogP contribution < -0.4 is 10.0 Å². The molecular weight excluding hydrogens is 446 g/mol. The Morgan fingerprint density at radius 1 is 0.971 bits per heavy atom. The van der Waals surface area contributed by atoms with Crippen LogP contribution in [0.3, 0.4) is 0 Å². The minimum atomic E-state index is -3.64. The Hall–Kier alpha value is -3.03. The lowest BCUT2D eigenvalue weighted by Gasteiger charge is -2.29. The maximum absolute atomic E-state index is 13.0. The summed E-state index contributed by atoms with van der Waals surface area (Å²) in [6.45, 7) is 3.89. The quantitative estimate of drug-likeness (QED) is 0.513. The van der Waals surface area contributed by atoms with Gasteiger partial charge in [-0.25, -0.2) is 13.1 Å². The molecule has 0 bridgehead atoms. The number of benzene rings is 2. The number of carbonyl (C=O) groups excluding carboxylic acids is 1. The molecule has 1 aromatic heterocycles. The summed E-state index contributed by atoms with van der Waals surface area (Å²) in [6.07, 6.45) is 6.07. The van der Waals surface area contributed by atoms with Crippen LogP contribution in [0.4, 0.5) is 0 Å². The zero-order valence-electron chi connectivity index (χ0n) is 19.6. The molecule has 2 aromatic carbocycles. The van der Waals surface area contributed by atoms with Crippen LogP contribution in [0.1, 0.15) is 49.8 Å². The van der Waals surface area contributed by atoms with Crippen molar-refractivity contribution in [1.29, 1.82) is 0 Å². The number of amides is 1. The molecule has 1 saturated carbocycles. The highest BCUT2D eigenvalue weighted by Crippen LogP contribution is 2.28. The van der Waals surface area contributed by atoms with Crippen molar-refractivity contribution in [3.63, 3.8) is 0 Å². The third kappa shape index (κ3) is 5.72. The molecule has 0 saturated heterocycles. The lowest BCUT2D eigenvalue weighted by atomic mass is 9.85. The van der Waals surface area contributed by atoms with E-state index in [0.717, 1.165) is 22.3 Å². The van der Waals surface area contributed by atoms with E-state index in [0.29, 0.717) is 25.7 Å². The van der Waals surface area contributed by atoms with Gasteiger partial charge in [0.2, 0.25) is 15.9 Å². The number of sulfonamides is 1. The highest BCUT2D eigenvalue weighted by molar-refractivity contribution is 7.89. The van der Waals surface area contributed by atoms with E-state index in [2.05, 4.69) is 15.0 Å². The molecule has 6 nitrogen and oxygen atoms in total. The van der Waals surface area contributed by atoms with Crippen molar-refractivity contribution >= 4 is 15.9 Å². The van der Waals surface area contributed by atoms with Gasteiger partial charge in [0.1, 0.15) is 0 Å². The van der Waals surface area contributed by atoms with Crippen LogP contribution in [0.2, 0.25) is 0 Å². The van der Waals surface area contributed by atoms with Gasteiger partial charge in [0.15, 0.2) is 0 Å². The van der Waals surface area contributed by atoms with Crippen molar-refractivity contribution in [2.75, 3.05) is 0 Å². The third-order valence-electron chi connectivity index (χ3n) is 6.58. The summed E-state index contributed by atoms with van der Waals surface area (Å²) in [5.41, 5.74) is 3.95. The van der Waals surface area contributed by atoms with Crippen molar-refractivity contribution in [3.8, 4) is 11.1 Å². The normalized spacial score (nSPS) is 19.4. The molecule has 1 atom stereocenters. The van der Waals surface area contributed by atoms with Crippen LogP contribution >= 0.6 is 0 Å². The predicted octanol–water partition coefficient (Wildman–Crippen LogP) is 4.77. The monoisotopic (exact) mass is 477 g/mol. The molecule has 0 unspecified atom stereocenters. The van der Waals surface area contributed by atoms with Crippen LogP contribution in [0.5, 0.6) is 0 Å². The zero-order valence-corrected chi connectivity index (χ0v) is 20.4. The number of hydrogen-bond donors (Lipinski definition) is 2. The Kier molecular flexibility index (Phi) is 7.44. The maximum atomic E-state index is 13.0. The molecular formula is C27H31N3O3S. The molecule has 1 amide bonds. The standard InChI is InChI=1S/C27H31N3O3S/c1-19-18-25(12-13-26(19)22-14-16-28-17-15-22)34(32,33)30-24-10-8-23(9-11-24)27(31)29-20(2)21-6-4-3-5-7-21/h3-7,12-18,20,23-24,30H,8-11H2,1-2H3,(H,29,31)/t20-,23?,24?/m1/s1. The van der Waals surface area contributed by atoms with Crippen LogP contribution in [-0.4, -0.2) is 25.4 Å². The summed E-state index contributed by atoms with van der Waals surface area (Å²) >= 11 is 0. The summed E-state index contributed by atoms with van der Waals surface area (Å²) in [5.74, 6) is -0.0474. The van der Waals surface area contributed by atoms with Gasteiger partial charge in [0, 0.05) is 24.4 Å². The van der Waals surface area contributed by atoms with Crippen LogP contribution in [0.15, 0.2) is 78.0 Å². The number of aromatic nitrogens is 1. The molecule has 2 N–H and O–H groups in total. The number of nitrogens with one attached hydrogen (secondary N) is 2. The van der Waals surface area contributed by atoms with E-state index in [1.54, 1.807) is 24.5 Å². The van der Waals surface area contributed by atoms with Crippen LogP contribution in [-0.2, 0) is 14.8 Å². The smallest absolute Gasteiger partial charge is 0.240 e. The number of carbonyl (C=O) groups is 1. The highest BCUT2D eigenvalue weighted by Gasteiger charge is 2.30. The van der Waals surface area contributed by atoms with Crippen molar-refractivity contribution < 1.29 is 13.2 Å². The van der Waals surface area contributed by atoms with Gasteiger partial charge >= 0.3 is 0 Å². The number of pyridine rings is 1. The summed E-state index contributed by atoms with van der Waals surface area (Å²) in [7, 11) is -3.64. The van der Waals surface area contributed by atoms with Crippen LogP contribution in [0.25, 0.3) is 11.1 Å². The van der Waals surface area contributed by atoms with Crippen molar-refractivity contribution in [2.24, 2.45) is 5.92 Å². The second kappa shape index (κ2) is 10.5. The molecule has 1 aliphatic carbocycles. The second-order valence-electron chi connectivity index (χ2n) is 9.02. The number of aryl methyl sites for hydroxylation is 1. The number of rotatable bonds is 7. The molecule has 1 fully saturated rings. The van der Waals surface area contributed by atoms with Gasteiger partial charge in [-0.3, -0.25) is 9.78 Å². The first kappa shape index (κ1) is 24.1. The van der Waals surface area contributed by atoms with E-state index in [1.807, 2.05) is 62.4 Å². The first-order valence-corrected chi connectivity index (χ1v) is 13.2. The van der Waals surface area contributed by atoms with E-state index < -0.39 is 10.0 Å². The fourth-order valence-electron chi connectivity index (χ4n) is 4.58. The first-order valence-electron chi connectivity index (χ1n) is 11.7. The largest absolute Gasteiger partial charge is 0.349 e. The molecule has 3 aromatic rings. The minimum absolute atomic E-state index is 0.0417. The zero-order chi connectivity index (χ0) is 24.1. The highest BCUT2D eigenvalue weighted by atomic mass is 32.2. The molecule has 1 heterocycles. The molecule has 0 radical (unpaired) electrons. The maximum Gasteiger partial charge on any atom is 0.240 e. The Bertz CT molecular complexity index is 1220.